The summed E-state index contributed by atoms with van der Waals surface area (Å²) in [5, 5.41) is 3.40. The lowest BCUT2D eigenvalue weighted by Gasteiger charge is -2.03. The van der Waals surface area contributed by atoms with Crippen LogP contribution in [-0.4, -0.2) is 15.6 Å². The van der Waals surface area contributed by atoms with Crippen molar-refractivity contribution in [1.82, 2.24) is 14.9 Å². The van der Waals surface area contributed by atoms with E-state index in [2.05, 4.69) is 26.2 Å². The molecule has 0 saturated heterocycles. The van der Waals surface area contributed by atoms with Crippen molar-refractivity contribution >= 4 is 15.9 Å². The quantitative estimate of drug-likeness (QED) is 0.941. The first-order valence-electron chi connectivity index (χ1n) is 5.94. The molecule has 3 rings (SSSR count). The number of hydrogen-bond acceptors (Lipinski definition) is 2. The van der Waals surface area contributed by atoms with Crippen LogP contribution in [0.25, 0.3) is 5.69 Å². The van der Waals surface area contributed by atoms with E-state index < -0.39 is 0 Å². The monoisotopic (exact) mass is 309 g/mol. The molecule has 0 amide bonds. The Morgan fingerprint density at radius 2 is 2.28 bits per heavy atom. The second-order valence-corrected chi connectivity index (χ2v) is 5.38. The topological polar surface area (TPSA) is 29.9 Å². The Hall–Kier alpha value is -1.20. The minimum atomic E-state index is -0.265. The molecule has 1 aromatic carbocycles. The highest BCUT2D eigenvalue weighted by atomic mass is 79.9. The van der Waals surface area contributed by atoms with Crippen molar-refractivity contribution in [1.29, 1.82) is 0 Å². The summed E-state index contributed by atoms with van der Waals surface area (Å²) in [7, 11) is 0. The summed E-state index contributed by atoms with van der Waals surface area (Å²) in [5.41, 5.74) is 1.76. The highest BCUT2D eigenvalue weighted by Gasteiger charge is 2.20. The Morgan fingerprint density at radius 1 is 1.44 bits per heavy atom. The van der Waals surface area contributed by atoms with Crippen LogP contribution < -0.4 is 5.32 Å². The maximum atomic E-state index is 13.4. The molecule has 0 spiro atoms. The molecule has 5 heteroatoms. The van der Waals surface area contributed by atoms with Gasteiger partial charge in [0.25, 0.3) is 0 Å². The van der Waals surface area contributed by atoms with Crippen LogP contribution in [0.2, 0.25) is 0 Å². The normalized spacial score (nSPS) is 15.0. The third-order valence-electron chi connectivity index (χ3n) is 2.99. The zero-order valence-electron chi connectivity index (χ0n) is 9.74. The molecule has 0 radical (unpaired) electrons. The van der Waals surface area contributed by atoms with Crippen LogP contribution in [-0.2, 0) is 6.54 Å². The first-order valence-corrected chi connectivity index (χ1v) is 6.73. The number of aromatic nitrogens is 2. The Bertz CT molecular complexity index is 563. The van der Waals surface area contributed by atoms with E-state index in [-0.39, 0.29) is 5.82 Å². The SMILES string of the molecule is Fc1cc(-n2cnc(CNC3CC3)c2)ccc1Br. The predicted octanol–water partition coefficient (Wildman–Crippen LogP) is 3.03. The first kappa shape index (κ1) is 11.9. The molecule has 1 aliphatic rings. The maximum absolute atomic E-state index is 13.4. The summed E-state index contributed by atoms with van der Waals surface area (Å²) >= 11 is 3.14. The average molecular weight is 310 g/mol. The molecule has 18 heavy (non-hydrogen) atoms. The van der Waals surface area contributed by atoms with Crippen molar-refractivity contribution in [2.75, 3.05) is 0 Å². The first-order chi connectivity index (χ1) is 8.72. The lowest BCUT2D eigenvalue weighted by molar-refractivity contribution is 0.620. The van der Waals surface area contributed by atoms with E-state index in [4.69, 9.17) is 0 Å². The third-order valence-corrected chi connectivity index (χ3v) is 3.63. The number of nitrogens with zero attached hydrogens (tertiary/aromatic N) is 2. The number of hydrogen-bond donors (Lipinski definition) is 1. The van der Waals surface area contributed by atoms with Gasteiger partial charge < -0.3 is 9.88 Å². The molecule has 1 saturated carbocycles. The van der Waals surface area contributed by atoms with Crippen LogP contribution in [0.15, 0.2) is 35.2 Å². The fourth-order valence-corrected chi connectivity index (χ4v) is 2.02. The molecule has 0 aliphatic heterocycles. The number of halogens is 2. The van der Waals surface area contributed by atoms with Gasteiger partial charge >= 0.3 is 0 Å². The molecule has 1 heterocycles. The van der Waals surface area contributed by atoms with Gasteiger partial charge in [0.2, 0.25) is 0 Å². The second kappa shape index (κ2) is 4.82. The fourth-order valence-electron chi connectivity index (χ4n) is 1.78. The minimum absolute atomic E-state index is 0.265. The predicted molar refractivity (Wildman–Crippen MR) is 71.1 cm³/mol. The smallest absolute Gasteiger partial charge is 0.139 e. The van der Waals surface area contributed by atoms with E-state index in [1.807, 2.05) is 16.8 Å². The summed E-state index contributed by atoms with van der Waals surface area (Å²) in [6.45, 7) is 0.774. The second-order valence-electron chi connectivity index (χ2n) is 4.53. The van der Waals surface area contributed by atoms with E-state index in [1.165, 1.54) is 18.9 Å². The van der Waals surface area contributed by atoms with Gasteiger partial charge in [-0.3, -0.25) is 0 Å². The molecule has 3 nitrogen and oxygen atoms in total. The fraction of sp³-hybridized carbons (Fsp3) is 0.308. The van der Waals surface area contributed by atoms with Gasteiger partial charge in [0.05, 0.1) is 16.5 Å². The Labute approximate surface area is 113 Å². The standard InChI is InChI=1S/C13H13BrFN3/c14-12-4-3-11(5-13(12)15)18-7-10(17-8-18)6-16-9-1-2-9/h3-5,7-9,16H,1-2,6H2. The van der Waals surface area contributed by atoms with Gasteiger partial charge in [-0.15, -0.1) is 0 Å². The van der Waals surface area contributed by atoms with E-state index in [0.717, 1.165) is 17.9 Å². The highest BCUT2D eigenvalue weighted by Crippen LogP contribution is 2.20. The van der Waals surface area contributed by atoms with Crippen molar-refractivity contribution in [3.05, 3.63) is 46.7 Å². The number of benzene rings is 1. The summed E-state index contributed by atoms with van der Waals surface area (Å²) in [5.74, 6) is -0.265. The zero-order valence-corrected chi connectivity index (χ0v) is 11.3. The van der Waals surface area contributed by atoms with Gasteiger partial charge in [0, 0.05) is 24.5 Å². The minimum Gasteiger partial charge on any atom is -0.308 e. The number of imidazole rings is 1. The van der Waals surface area contributed by atoms with Crippen LogP contribution in [0.1, 0.15) is 18.5 Å². The van der Waals surface area contributed by atoms with Crippen molar-refractivity contribution in [3.8, 4) is 5.69 Å². The van der Waals surface area contributed by atoms with Gasteiger partial charge in [0.1, 0.15) is 5.82 Å². The molecule has 1 fully saturated rings. The zero-order chi connectivity index (χ0) is 12.5. The van der Waals surface area contributed by atoms with E-state index >= 15 is 0 Å². The van der Waals surface area contributed by atoms with E-state index in [9.17, 15) is 4.39 Å². The Morgan fingerprint density at radius 3 is 3.00 bits per heavy atom. The number of nitrogens with one attached hydrogen (secondary N) is 1. The van der Waals surface area contributed by atoms with E-state index in [0.29, 0.717) is 10.5 Å². The molecule has 2 aromatic rings. The average Bonchev–Trinajstić information content (AvgIpc) is 3.08. The molecule has 0 unspecified atom stereocenters. The number of rotatable bonds is 4. The van der Waals surface area contributed by atoms with Crippen LogP contribution in [0.4, 0.5) is 4.39 Å². The molecule has 1 aromatic heterocycles. The van der Waals surface area contributed by atoms with Crippen LogP contribution in [0.3, 0.4) is 0 Å². The molecule has 0 atom stereocenters. The molecule has 0 bridgehead atoms. The Balaban J connectivity index is 1.76. The van der Waals surface area contributed by atoms with Gasteiger partial charge in [-0.2, -0.15) is 0 Å². The molecule has 94 valence electrons. The van der Waals surface area contributed by atoms with Crippen molar-refractivity contribution in [2.24, 2.45) is 0 Å². The lowest BCUT2D eigenvalue weighted by Crippen LogP contribution is -2.15. The summed E-state index contributed by atoms with van der Waals surface area (Å²) in [6.07, 6.45) is 6.17. The van der Waals surface area contributed by atoms with Gasteiger partial charge in [0.15, 0.2) is 0 Å². The van der Waals surface area contributed by atoms with Crippen LogP contribution in [0.5, 0.6) is 0 Å². The summed E-state index contributed by atoms with van der Waals surface area (Å²) in [4.78, 5) is 4.31. The lowest BCUT2D eigenvalue weighted by atomic mass is 10.3. The highest BCUT2D eigenvalue weighted by molar-refractivity contribution is 9.10. The summed E-state index contributed by atoms with van der Waals surface area (Å²) < 4.78 is 15.7. The summed E-state index contributed by atoms with van der Waals surface area (Å²) in [6, 6.07) is 5.71. The van der Waals surface area contributed by atoms with Gasteiger partial charge in [-0.05, 0) is 47.0 Å². The third kappa shape index (κ3) is 2.62. The maximum Gasteiger partial charge on any atom is 0.139 e. The van der Waals surface area contributed by atoms with Crippen LogP contribution in [0, 0.1) is 5.82 Å². The van der Waals surface area contributed by atoms with Crippen molar-refractivity contribution in [3.63, 3.8) is 0 Å². The largest absolute Gasteiger partial charge is 0.308 e. The molecule has 1 aliphatic carbocycles. The Kier molecular flexibility index (Phi) is 3.18. The van der Waals surface area contributed by atoms with Gasteiger partial charge in [-0.1, -0.05) is 0 Å². The van der Waals surface area contributed by atoms with Crippen molar-refractivity contribution < 1.29 is 4.39 Å². The molecular formula is C13H13BrFN3. The van der Waals surface area contributed by atoms with E-state index in [1.54, 1.807) is 12.4 Å². The van der Waals surface area contributed by atoms with Crippen molar-refractivity contribution in [2.45, 2.75) is 25.4 Å². The van der Waals surface area contributed by atoms with Crippen LogP contribution >= 0.6 is 15.9 Å². The molecular weight excluding hydrogens is 297 g/mol. The van der Waals surface area contributed by atoms with Gasteiger partial charge in [-0.25, -0.2) is 9.37 Å². The molecule has 1 N–H and O–H groups in total.